The van der Waals surface area contributed by atoms with E-state index in [-0.39, 0.29) is 5.91 Å². The van der Waals surface area contributed by atoms with Crippen LogP contribution in [0.5, 0.6) is 0 Å². The van der Waals surface area contributed by atoms with Crippen molar-refractivity contribution in [3.05, 3.63) is 35.4 Å². The van der Waals surface area contributed by atoms with E-state index in [0.717, 1.165) is 12.0 Å². The Balaban J connectivity index is 1.86. The Morgan fingerprint density at radius 3 is 2.41 bits per heavy atom. The number of amides is 1. The summed E-state index contributed by atoms with van der Waals surface area (Å²) in [6.45, 7) is 4.06. The first-order valence-electron chi connectivity index (χ1n) is 7.65. The summed E-state index contributed by atoms with van der Waals surface area (Å²) in [5, 5.41) is 0. The number of carbonyl (C=O) groups excluding carboxylic acids is 1. The molecular weight excluding hydrogens is 300 g/mol. The SMILES string of the molecule is Cc1ccc(CCC(=O)N2CCCN(S(C)(=O)=O)CC2)cc1. The van der Waals surface area contributed by atoms with Crippen molar-refractivity contribution in [2.45, 2.75) is 26.2 Å². The van der Waals surface area contributed by atoms with E-state index in [2.05, 4.69) is 24.3 Å². The molecular formula is C16H24N2O3S. The van der Waals surface area contributed by atoms with Crippen molar-refractivity contribution in [1.29, 1.82) is 0 Å². The van der Waals surface area contributed by atoms with Gasteiger partial charge >= 0.3 is 0 Å². The average molecular weight is 324 g/mol. The number of nitrogens with zero attached hydrogens (tertiary/aromatic N) is 2. The van der Waals surface area contributed by atoms with Crippen LogP contribution in [0.1, 0.15) is 24.0 Å². The molecule has 0 atom stereocenters. The second-order valence-electron chi connectivity index (χ2n) is 5.88. The van der Waals surface area contributed by atoms with Crippen molar-refractivity contribution in [3.8, 4) is 0 Å². The summed E-state index contributed by atoms with van der Waals surface area (Å²) >= 11 is 0. The third-order valence-corrected chi connectivity index (χ3v) is 5.33. The molecule has 0 saturated carbocycles. The van der Waals surface area contributed by atoms with Crippen LogP contribution in [0.15, 0.2) is 24.3 Å². The zero-order chi connectivity index (χ0) is 16.2. The van der Waals surface area contributed by atoms with Gasteiger partial charge in [0.15, 0.2) is 0 Å². The zero-order valence-corrected chi connectivity index (χ0v) is 14.1. The van der Waals surface area contributed by atoms with Gasteiger partial charge in [-0.1, -0.05) is 29.8 Å². The first-order chi connectivity index (χ1) is 10.4. The number of rotatable bonds is 4. The fraction of sp³-hybridized carbons (Fsp3) is 0.562. The summed E-state index contributed by atoms with van der Waals surface area (Å²) in [6.07, 6.45) is 3.12. The molecule has 1 aromatic rings. The number of carbonyl (C=O) groups is 1. The number of sulfonamides is 1. The van der Waals surface area contributed by atoms with Gasteiger partial charge < -0.3 is 4.90 Å². The van der Waals surface area contributed by atoms with E-state index in [1.165, 1.54) is 16.1 Å². The maximum Gasteiger partial charge on any atom is 0.222 e. The number of hydrogen-bond acceptors (Lipinski definition) is 3. The molecule has 0 unspecified atom stereocenters. The van der Waals surface area contributed by atoms with E-state index >= 15 is 0 Å². The lowest BCUT2D eigenvalue weighted by molar-refractivity contribution is -0.131. The van der Waals surface area contributed by atoms with E-state index in [1.807, 2.05) is 6.92 Å². The molecule has 0 aliphatic carbocycles. The Kier molecular flexibility index (Phi) is 5.58. The standard InChI is InChI=1S/C16H24N2O3S/c1-14-4-6-15(7-5-14)8-9-16(19)17-10-3-11-18(13-12-17)22(2,20)21/h4-7H,3,8-13H2,1-2H3. The van der Waals surface area contributed by atoms with Crippen molar-refractivity contribution in [2.75, 3.05) is 32.4 Å². The van der Waals surface area contributed by atoms with Crippen LogP contribution in [0.4, 0.5) is 0 Å². The first-order valence-corrected chi connectivity index (χ1v) is 9.49. The lowest BCUT2D eigenvalue weighted by Gasteiger charge is -2.21. The van der Waals surface area contributed by atoms with Crippen molar-refractivity contribution in [3.63, 3.8) is 0 Å². The van der Waals surface area contributed by atoms with Crippen molar-refractivity contribution < 1.29 is 13.2 Å². The highest BCUT2D eigenvalue weighted by atomic mass is 32.2. The Morgan fingerprint density at radius 2 is 1.77 bits per heavy atom. The quantitative estimate of drug-likeness (QED) is 0.842. The van der Waals surface area contributed by atoms with Gasteiger partial charge in [0.05, 0.1) is 6.26 Å². The van der Waals surface area contributed by atoms with Crippen LogP contribution in [-0.2, 0) is 21.2 Å². The summed E-state index contributed by atoms with van der Waals surface area (Å²) in [7, 11) is -3.16. The highest BCUT2D eigenvalue weighted by Crippen LogP contribution is 2.11. The van der Waals surface area contributed by atoms with Crippen LogP contribution in [-0.4, -0.2) is 56.0 Å². The van der Waals surface area contributed by atoms with Gasteiger partial charge in [0.2, 0.25) is 15.9 Å². The molecule has 0 spiro atoms. The lowest BCUT2D eigenvalue weighted by atomic mass is 10.1. The van der Waals surface area contributed by atoms with Crippen LogP contribution < -0.4 is 0 Å². The first kappa shape index (κ1) is 17.0. The highest BCUT2D eigenvalue weighted by Gasteiger charge is 2.23. The van der Waals surface area contributed by atoms with E-state index in [1.54, 1.807) is 4.90 Å². The van der Waals surface area contributed by atoms with Crippen molar-refractivity contribution in [1.82, 2.24) is 9.21 Å². The van der Waals surface area contributed by atoms with Crippen LogP contribution >= 0.6 is 0 Å². The van der Waals surface area contributed by atoms with Gasteiger partial charge in [-0.25, -0.2) is 12.7 Å². The third-order valence-electron chi connectivity index (χ3n) is 4.02. The molecule has 1 aliphatic heterocycles. The largest absolute Gasteiger partial charge is 0.341 e. The van der Waals surface area contributed by atoms with Crippen molar-refractivity contribution in [2.24, 2.45) is 0 Å². The molecule has 0 aromatic heterocycles. The van der Waals surface area contributed by atoms with Gasteiger partial charge in [0.1, 0.15) is 0 Å². The summed E-state index contributed by atoms with van der Waals surface area (Å²) in [5.74, 6) is 0.107. The van der Waals surface area contributed by atoms with Gasteiger partial charge in [-0.3, -0.25) is 4.79 Å². The number of hydrogen-bond donors (Lipinski definition) is 0. The van der Waals surface area contributed by atoms with Gasteiger partial charge in [-0.15, -0.1) is 0 Å². The fourth-order valence-electron chi connectivity index (χ4n) is 2.64. The van der Waals surface area contributed by atoms with Gasteiger partial charge in [0, 0.05) is 32.6 Å². The predicted molar refractivity (Wildman–Crippen MR) is 87.1 cm³/mol. The molecule has 1 amide bonds. The van der Waals surface area contributed by atoms with Gasteiger partial charge in [-0.2, -0.15) is 0 Å². The maximum absolute atomic E-state index is 12.3. The summed E-state index contributed by atoms with van der Waals surface area (Å²) in [4.78, 5) is 14.1. The monoisotopic (exact) mass is 324 g/mol. The Labute approximate surface area is 133 Å². The Morgan fingerprint density at radius 1 is 1.09 bits per heavy atom. The Hall–Kier alpha value is -1.40. The second-order valence-corrected chi connectivity index (χ2v) is 7.86. The van der Waals surface area contributed by atoms with Crippen LogP contribution in [0.25, 0.3) is 0 Å². The van der Waals surface area contributed by atoms with Crippen LogP contribution in [0, 0.1) is 6.92 Å². The second kappa shape index (κ2) is 7.24. The zero-order valence-electron chi connectivity index (χ0n) is 13.3. The summed E-state index contributed by atoms with van der Waals surface area (Å²) in [5.41, 5.74) is 2.37. The van der Waals surface area contributed by atoms with Gasteiger partial charge in [-0.05, 0) is 25.3 Å². The number of benzene rings is 1. The molecule has 2 rings (SSSR count). The third kappa shape index (κ3) is 4.81. The molecule has 1 aliphatic rings. The predicted octanol–water partition coefficient (Wildman–Crippen LogP) is 1.42. The lowest BCUT2D eigenvalue weighted by Crippen LogP contribution is -2.37. The van der Waals surface area contributed by atoms with E-state index < -0.39 is 10.0 Å². The van der Waals surface area contributed by atoms with E-state index in [0.29, 0.717) is 39.0 Å². The van der Waals surface area contributed by atoms with Crippen LogP contribution in [0.3, 0.4) is 0 Å². The topological polar surface area (TPSA) is 57.7 Å². The van der Waals surface area contributed by atoms with Gasteiger partial charge in [0.25, 0.3) is 0 Å². The molecule has 1 fully saturated rings. The molecule has 22 heavy (non-hydrogen) atoms. The fourth-order valence-corrected chi connectivity index (χ4v) is 3.51. The minimum Gasteiger partial charge on any atom is -0.341 e. The summed E-state index contributed by atoms with van der Waals surface area (Å²) in [6, 6.07) is 8.21. The highest BCUT2D eigenvalue weighted by molar-refractivity contribution is 7.88. The van der Waals surface area contributed by atoms with E-state index in [9.17, 15) is 13.2 Å². The van der Waals surface area contributed by atoms with E-state index in [4.69, 9.17) is 0 Å². The molecule has 5 nitrogen and oxygen atoms in total. The molecule has 1 aromatic carbocycles. The minimum absolute atomic E-state index is 0.107. The molecule has 0 radical (unpaired) electrons. The smallest absolute Gasteiger partial charge is 0.222 e. The minimum atomic E-state index is -3.16. The molecule has 1 saturated heterocycles. The maximum atomic E-state index is 12.3. The Bertz CT molecular complexity index is 611. The molecule has 122 valence electrons. The molecule has 6 heteroatoms. The normalized spacial score (nSPS) is 17.3. The number of aryl methyl sites for hydroxylation is 2. The summed E-state index contributed by atoms with van der Waals surface area (Å²) < 4.78 is 24.6. The molecule has 0 N–H and O–H groups in total. The average Bonchev–Trinajstić information content (AvgIpc) is 2.72. The van der Waals surface area contributed by atoms with Crippen LogP contribution in [0.2, 0.25) is 0 Å². The molecule has 0 bridgehead atoms. The molecule has 1 heterocycles. The van der Waals surface area contributed by atoms with Crippen molar-refractivity contribution >= 4 is 15.9 Å².